The van der Waals surface area contributed by atoms with Crippen molar-refractivity contribution in [1.29, 1.82) is 0 Å². The third kappa shape index (κ3) is 4.65. The maximum Gasteiger partial charge on any atom is 0.131 e. The Bertz CT molecular complexity index is 1290. The van der Waals surface area contributed by atoms with Crippen LogP contribution in [0.3, 0.4) is 0 Å². The van der Waals surface area contributed by atoms with Crippen LogP contribution in [-0.4, -0.2) is 14.2 Å². The monoisotopic (exact) mass is 502 g/mol. The Hall–Kier alpha value is -2.85. The van der Waals surface area contributed by atoms with E-state index in [0.717, 1.165) is 28.4 Å². The van der Waals surface area contributed by atoms with E-state index in [2.05, 4.69) is 52.0 Å². The number of aryl methyl sites for hydroxylation is 1. The topological polar surface area (TPSA) is 27.7 Å². The quantitative estimate of drug-likeness (QED) is 0.324. The van der Waals surface area contributed by atoms with Crippen molar-refractivity contribution in [3.8, 4) is 22.6 Å². The van der Waals surface area contributed by atoms with E-state index in [0.29, 0.717) is 23.3 Å². The predicted molar refractivity (Wildman–Crippen MR) is 147 cm³/mol. The first kappa shape index (κ1) is 25.8. The van der Waals surface area contributed by atoms with Crippen LogP contribution < -0.4 is 9.47 Å². The Morgan fingerprint density at radius 3 is 2.38 bits per heavy atom. The first-order chi connectivity index (χ1) is 17.7. The summed E-state index contributed by atoms with van der Waals surface area (Å²) in [5.41, 5.74) is 6.45. The lowest BCUT2D eigenvalue weighted by atomic mass is 9.58. The van der Waals surface area contributed by atoms with Gasteiger partial charge >= 0.3 is 0 Å². The van der Waals surface area contributed by atoms with Crippen molar-refractivity contribution in [2.45, 2.75) is 71.5 Å². The lowest BCUT2D eigenvalue weighted by molar-refractivity contribution is 0.0155. The highest BCUT2D eigenvalue weighted by Gasteiger charge is 2.49. The third-order valence-electron chi connectivity index (χ3n) is 8.71. The van der Waals surface area contributed by atoms with E-state index in [4.69, 9.17) is 14.2 Å². The number of benzene rings is 3. The van der Waals surface area contributed by atoms with E-state index >= 15 is 4.39 Å². The van der Waals surface area contributed by atoms with Gasteiger partial charge in [0.2, 0.25) is 0 Å². The van der Waals surface area contributed by atoms with Gasteiger partial charge in [0.05, 0.1) is 13.2 Å². The van der Waals surface area contributed by atoms with Gasteiger partial charge in [-0.2, -0.15) is 0 Å². The molecule has 196 valence electrons. The maximum absolute atomic E-state index is 15.0. The molecule has 1 fully saturated rings. The van der Waals surface area contributed by atoms with Crippen LogP contribution in [-0.2, 0) is 23.2 Å². The van der Waals surface area contributed by atoms with Gasteiger partial charge < -0.3 is 14.2 Å². The molecule has 5 rings (SSSR count). The smallest absolute Gasteiger partial charge is 0.131 e. The predicted octanol–water partition coefficient (Wildman–Crippen LogP) is 8.43. The van der Waals surface area contributed by atoms with E-state index in [1.54, 1.807) is 26.4 Å². The SMILES string of the molecule is COc1ccc(F)c(-c2ccc(COc3ccc4c(c3)[C@@]3(CC4)CC[C@@H]3C)cc2[C@H](OC)C(C)(C)C)c1. The van der Waals surface area contributed by atoms with Crippen molar-refractivity contribution < 1.29 is 18.6 Å². The number of ether oxygens (including phenoxy) is 3. The molecule has 0 bridgehead atoms. The number of halogens is 1. The number of rotatable bonds is 7. The summed E-state index contributed by atoms with van der Waals surface area (Å²) in [7, 11) is 3.31. The zero-order valence-corrected chi connectivity index (χ0v) is 23.0. The Morgan fingerprint density at radius 2 is 1.73 bits per heavy atom. The second-order valence-electron chi connectivity index (χ2n) is 12.0. The zero-order chi connectivity index (χ0) is 26.4. The summed E-state index contributed by atoms with van der Waals surface area (Å²) in [6, 6.07) is 17.6. The third-order valence-corrected chi connectivity index (χ3v) is 8.71. The fourth-order valence-corrected chi connectivity index (χ4v) is 6.49. The van der Waals surface area contributed by atoms with Crippen LogP contribution in [0.25, 0.3) is 11.1 Å². The lowest BCUT2D eigenvalue weighted by Gasteiger charge is -2.46. The van der Waals surface area contributed by atoms with Gasteiger partial charge in [-0.05, 0) is 107 Å². The fourth-order valence-electron chi connectivity index (χ4n) is 6.49. The highest BCUT2D eigenvalue weighted by molar-refractivity contribution is 5.70. The van der Waals surface area contributed by atoms with Crippen LogP contribution in [0.1, 0.15) is 75.3 Å². The highest BCUT2D eigenvalue weighted by Crippen LogP contribution is 2.56. The van der Waals surface area contributed by atoms with Crippen LogP contribution in [0.2, 0.25) is 0 Å². The molecule has 3 aromatic rings. The first-order valence-electron chi connectivity index (χ1n) is 13.4. The Kier molecular flexibility index (Phi) is 6.83. The van der Waals surface area contributed by atoms with E-state index in [-0.39, 0.29) is 17.3 Å². The summed E-state index contributed by atoms with van der Waals surface area (Å²) >= 11 is 0. The van der Waals surface area contributed by atoms with Gasteiger partial charge in [0.1, 0.15) is 23.9 Å². The van der Waals surface area contributed by atoms with E-state index in [1.807, 2.05) is 12.1 Å². The second kappa shape index (κ2) is 9.79. The molecule has 0 radical (unpaired) electrons. The van der Waals surface area contributed by atoms with Crippen LogP contribution in [0, 0.1) is 17.2 Å². The molecular formula is C33H39FO3. The molecule has 2 aliphatic rings. The molecule has 3 nitrogen and oxygen atoms in total. The molecule has 37 heavy (non-hydrogen) atoms. The molecule has 0 aromatic heterocycles. The molecule has 1 spiro atoms. The minimum absolute atomic E-state index is 0.188. The van der Waals surface area contributed by atoms with Crippen LogP contribution in [0.5, 0.6) is 11.5 Å². The second-order valence-corrected chi connectivity index (χ2v) is 12.0. The van der Waals surface area contributed by atoms with Crippen molar-refractivity contribution in [2.75, 3.05) is 14.2 Å². The normalized spacial score (nSPS) is 21.4. The molecular weight excluding hydrogens is 463 g/mol. The van der Waals surface area contributed by atoms with Crippen molar-refractivity contribution in [2.24, 2.45) is 11.3 Å². The van der Waals surface area contributed by atoms with Crippen molar-refractivity contribution in [1.82, 2.24) is 0 Å². The Morgan fingerprint density at radius 1 is 0.946 bits per heavy atom. The van der Waals surface area contributed by atoms with Gasteiger partial charge in [-0.25, -0.2) is 4.39 Å². The van der Waals surface area contributed by atoms with Gasteiger partial charge in [-0.1, -0.05) is 45.9 Å². The number of hydrogen-bond donors (Lipinski definition) is 0. The average Bonchev–Trinajstić information content (AvgIpc) is 3.28. The van der Waals surface area contributed by atoms with Gasteiger partial charge in [-0.15, -0.1) is 0 Å². The lowest BCUT2D eigenvalue weighted by Crippen LogP contribution is -2.40. The van der Waals surface area contributed by atoms with Crippen molar-refractivity contribution in [3.05, 3.63) is 82.7 Å². The number of fused-ring (bicyclic) bond motifs is 2. The molecule has 1 saturated carbocycles. The summed E-state index contributed by atoms with van der Waals surface area (Å²) in [5.74, 6) is 2.00. The van der Waals surface area contributed by atoms with E-state index in [9.17, 15) is 0 Å². The highest BCUT2D eigenvalue weighted by atomic mass is 19.1. The average molecular weight is 503 g/mol. The molecule has 4 heteroatoms. The standard InChI is InChI=1S/C33H39FO3/c1-21-13-15-33(21)16-14-23-8-9-25(19-29(23)33)37-20-22-7-11-26(27-18-24(35-5)10-12-30(27)34)28(17-22)31(36-6)32(2,3)4/h7-12,17-19,21,31H,13-16,20H2,1-6H3/t21-,31-,33+/m0/s1. The molecule has 3 aromatic carbocycles. The number of hydrogen-bond acceptors (Lipinski definition) is 3. The van der Waals surface area contributed by atoms with Gasteiger partial charge in [0.15, 0.2) is 0 Å². The summed E-state index contributed by atoms with van der Waals surface area (Å²) in [6.07, 6.45) is 4.83. The zero-order valence-electron chi connectivity index (χ0n) is 23.0. The largest absolute Gasteiger partial charge is 0.497 e. The summed E-state index contributed by atoms with van der Waals surface area (Å²) in [6.45, 7) is 9.24. The minimum Gasteiger partial charge on any atom is -0.497 e. The molecule has 0 unspecified atom stereocenters. The first-order valence-corrected chi connectivity index (χ1v) is 13.4. The van der Waals surface area contributed by atoms with E-state index in [1.165, 1.54) is 42.9 Å². The van der Waals surface area contributed by atoms with Crippen molar-refractivity contribution in [3.63, 3.8) is 0 Å². The van der Waals surface area contributed by atoms with Gasteiger partial charge in [-0.3, -0.25) is 0 Å². The minimum atomic E-state index is -0.285. The molecule has 0 saturated heterocycles. The Balaban J connectivity index is 1.47. The number of methoxy groups -OCH3 is 2. The van der Waals surface area contributed by atoms with Gasteiger partial charge in [0, 0.05) is 12.7 Å². The van der Waals surface area contributed by atoms with Crippen LogP contribution in [0.4, 0.5) is 4.39 Å². The summed E-state index contributed by atoms with van der Waals surface area (Å²) < 4.78 is 32.7. The molecule has 0 N–H and O–H groups in total. The fraction of sp³-hybridized carbons (Fsp3) is 0.455. The molecule has 0 aliphatic heterocycles. The van der Waals surface area contributed by atoms with Crippen molar-refractivity contribution >= 4 is 0 Å². The summed E-state index contributed by atoms with van der Waals surface area (Å²) in [5, 5.41) is 0. The molecule has 2 aliphatic carbocycles. The van der Waals surface area contributed by atoms with Crippen LogP contribution in [0.15, 0.2) is 54.6 Å². The molecule has 3 atom stereocenters. The van der Waals surface area contributed by atoms with Crippen LogP contribution >= 0.6 is 0 Å². The molecule has 0 amide bonds. The van der Waals surface area contributed by atoms with Gasteiger partial charge in [0.25, 0.3) is 0 Å². The Labute approximate surface area is 221 Å². The van der Waals surface area contributed by atoms with E-state index < -0.39 is 0 Å². The summed E-state index contributed by atoms with van der Waals surface area (Å²) in [4.78, 5) is 0. The molecule has 0 heterocycles. The maximum atomic E-state index is 15.0.